The first kappa shape index (κ1) is 13.3. The van der Waals surface area contributed by atoms with Crippen molar-refractivity contribution < 1.29 is 4.79 Å². The van der Waals surface area contributed by atoms with Gasteiger partial charge in [0.1, 0.15) is 5.56 Å². The highest BCUT2D eigenvalue weighted by atomic mass is 16.2. The maximum absolute atomic E-state index is 12.7. The van der Waals surface area contributed by atoms with Crippen LogP contribution >= 0.6 is 0 Å². The molecule has 0 unspecified atom stereocenters. The molecule has 1 aliphatic carbocycles. The monoisotopic (exact) mass is 298 g/mol. The Kier molecular flexibility index (Phi) is 3.10. The lowest BCUT2D eigenvalue weighted by Gasteiger charge is -2.26. The van der Waals surface area contributed by atoms with Crippen molar-refractivity contribution in [2.45, 2.75) is 38.6 Å². The summed E-state index contributed by atoms with van der Waals surface area (Å²) < 4.78 is 0. The third-order valence-corrected chi connectivity index (χ3v) is 4.66. The van der Waals surface area contributed by atoms with Crippen LogP contribution in [0.2, 0.25) is 0 Å². The standard InChI is InChI=1S/C16H18N4O2/c21-15-12(7-10-3-1-2-4-13(10)18-15)16(22)20-6-5-14-11(9-20)8-17-19-14/h7-8H,1-6,9H2,(H,17,19)(H,18,21). The second kappa shape index (κ2) is 5.12. The molecule has 6 heteroatoms. The Bertz CT molecular complexity index is 790. The first-order valence-corrected chi connectivity index (χ1v) is 7.78. The number of hydrogen-bond acceptors (Lipinski definition) is 3. The number of aromatic nitrogens is 3. The van der Waals surface area contributed by atoms with Crippen molar-refractivity contribution in [2.24, 2.45) is 0 Å². The lowest BCUT2D eigenvalue weighted by atomic mass is 9.94. The van der Waals surface area contributed by atoms with Crippen LogP contribution < -0.4 is 5.56 Å². The van der Waals surface area contributed by atoms with Crippen LogP contribution in [0.15, 0.2) is 17.1 Å². The first-order valence-electron chi connectivity index (χ1n) is 7.78. The van der Waals surface area contributed by atoms with E-state index >= 15 is 0 Å². The van der Waals surface area contributed by atoms with Gasteiger partial charge >= 0.3 is 0 Å². The van der Waals surface area contributed by atoms with Crippen LogP contribution in [0.3, 0.4) is 0 Å². The molecule has 3 heterocycles. The van der Waals surface area contributed by atoms with Gasteiger partial charge in [-0.25, -0.2) is 0 Å². The minimum absolute atomic E-state index is 0.179. The lowest BCUT2D eigenvalue weighted by molar-refractivity contribution is 0.0732. The highest BCUT2D eigenvalue weighted by Crippen LogP contribution is 2.21. The molecule has 2 N–H and O–H groups in total. The normalized spacial score (nSPS) is 17.0. The van der Waals surface area contributed by atoms with Gasteiger partial charge in [0.05, 0.1) is 6.20 Å². The Labute approximate surface area is 127 Å². The summed E-state index contributed by atoms with van der Waals surface area (Å²) in [5.41, 5.74) is 4.26. The van der Waals surface area contributed by atoms with Crippen molar-refractivity contribution >= 4 is 5.91 Å². The summed E-state index contributed by atoms with van der Waals surface area (Å²) >= 11 is 0. The summed E-state index contributed by atoms with van der Waals surface area (Å²) in [6, 6.07) is 1.81. The molecule has 0 saturated carbocycles. The number of nitrogens with one attached hydrogen (secondary N) is 2. The molecule has 0 aromatic carbocycles. The summed E-state index contributed by atoms with van der Waals surface area (Å²) in [4.78, 5) is 29.6. The largest absolute Gasteiger partial charge is 0.334 e. The smallest absolute Gasteiger partial charge is 0.261 e. The summed E-state index contributed by atoms with van der Waals surface area (Å²) in [5.74, 6) is -0.179. The second-order valence-corrected chi connectivity index (χ2v) is 6.07. The zero-order valence-corrected chi connectivity index (χ0v) is 12.3. The minimum Gasteiger partial charge on any atom is -0.334 e. The molecule has 22 heavy (non-hydrogen) atoms. The van der Waals surface area contributed by atoms with E-state index in [9.17, 15) is 9.59 Å². The molecular weight excluding hydrogens is 280 g/mol. The SMILES string of the molecule is O=C(c1cc2c([nH]c1=O)CCCC2)N1CCc2[nH]ncc2C1. The van der Waals surface area contributed by atoms with Gasteiger partial charge in [-0.2, -0.15) is 5.10 Å². The van der Waals surface area contributed by atoms with Crippen molar-refractivity contribution in [2.75, 3.05) is 6.54 Å². The van der Waals surface area contributed by atoms with Crippen LogP contribution in [0.5, 0.6) is 0 Å². The number of fused-ring (bicyclic) bond motifs is 2. The van der Waals surface area contributed by atoms with Crippen molar-refractivity contribution in [1.82, 2.24) is 20.1 Å². The number of aryl methyl sites for hydroxylation is 2. The quantitative estimate of drug-likeness (QED) is 0.829. The molecule has 1 amide bonds. The topological polar surface area (TPSA) is 81.9 Å². The van der Waals surface area contributed by atoms with Crippen molar-refractivity contribution in [3.63, 3.8) is 0 Å². The van der Waals surface area contributed by atoms with Crippen molar-refractivity contribution in [3.8, 4) is 0 Å². The highest BCUT2D eigenvalue weighted by Gasteiger charge is 2.25. The Balaban J connectivity index is 1.65. The fourth-order valence-electron chi connectivity index (χ4n) is 3.40. The molecular formula is C16H18N4O2. The van der Waals surface area contributed by atoms with Gasteiger partial charge in [-0.05, 0) is 37.3 Å². The van der Waals surface area contributed by atoms with Gasteiger partial charge in [0.15, 0.2) is 0 Å². The van der Waals surface area contributed by atoms with E-state index in [1.807, 2.05) is 0 Å². The van der Waals surface area contributed by atoms with Gasteiger partial charge < -0.3 is 9.88 Å². The van der Waals surface area contributed by atoms with Crippen LogP contribution in [0.1, 0.15) is 45.7 Å². The van der Waals surface area contributed by atoms with Gasteiger partial charge in [-0.3, -0.25) is 14.7 Å². The number of pyridine rings is 1. The Hall–Kier alpha value is -2.37. The second-order valence-electron chi connectivity index (χ2n) is 6.07. The van der Waals surface area contributed by atoms with Gasteiger partial charge in [0.25, 0.3) is 11.5 Å². The molecule has 0 bridgehead atoms. The van der Waals surface area contributed by atoms with Gasteiger partial charge in [0, 0.05) is 36.5 Å². The number of aromatic amines is 2. The number of carbonyl (C=O) groups excluding carboxylic acids is 1. The Morgan fingerprint density at radius 2 is 2.00 bits per heavy atom. The molecule has 0 spiro atoms. The maximum atomic E-state index is 12.7. The molecule has 2 aliphatic rings. The fourth-order valence-corrected chi connectivity index (χ4v) is 3.40. The minimum atomic E-state index is -0.261. The van der Waals surface area contributed by atoms with E-state index in [0.29, 0.717) is 13.1 Å². The number of rotatable bonds is 1. The van der Waals surface area contributed by atoms with E-state index in [1.54, 1.807) is 17.2 Å². The zero-order chi connectivity index (χ0) is 15.1. The van der Waals surface area contributed by atoms with Crippen molar-refractivity contribution in [1.29, 1.82) is 0 Å². The van der Waals surface area contributed by atoms with E-state index in [1.165, 1.54) is 0 Å². The molecule has 6 nitrogen and oxygen atoms in total. The maximum Gasteiger partial charge on any atom is 0.261 e. The molecule has 0 fully saturated rings. The molecule has 1 aliphatic heterocycles. The number of nitrogens with zero attached hydrogens (tertiary/aromatic N) is 2. The predicted octanol–water partition coefficient (Wildman–Crippen LogP) is 1.18. The van der Waals surface area contributed by atoms with E-state index in [4.69, 9.17) is 0 Å². The molecule has 4 rings (SSSR count). The molecule has 0 atom stereocenters. The fraction of sp³-hybridized carbons (Fsp3) is 0.438. The van der Waals surface area contributed by atoms with Crippen LogP contribution in [-0.2, 0) is 25.8 Å². The van der Waals surface area contributed by atoms with Gasteiger partial charge in [0.2, 0.25) is 0 Å². The highest BCUT2D eigenvalue weighted by molar-refractivity contribution is 5.94. The van der Waals surface area contributed by atoms with Gasteiger partial charge in [-0.1, -0.05) is 0 Å². The molecule has 0 radical (unpaired) electrons. The summed E-state index contributed by atoms with van der Waals surface area (Å²) in [7, 11) is 0. The molecule has 114 valence electrons. The lowest BCUT2D eigenvalue weighted by Crippen LogP contribution is -2.38. The average Bonchev–Trinajstić information content (AvgIpc) is 3.01. The van der Waals surface area contributed by atoms with Crippen LogP contribution in [-0.4, -0.2) is 32.5 Å². The molecule has 2 aromatic rings. The predicted molar refractivity (Wildman–Crippen MR) is 80.7 cm³/mol. The summed E-state index contributed by atoms with van der Waals surface area (Å²) in [6.45, 7) is 1.13. The Morgan fingerprint density at radius 3 is 2.91 bits per heavy atom. The third kappa shape index (κ3) is 2.15. The average molecular weight is 298 g/mol. The van der Waals surface area contributed by atoms with Crippen LogP contribution in [0.25, 0.3) is 0 Å². The number of carbonyl (C=O) groups is 1. The van der Waals surface area contributed by atoms with E-state index < -0.39 is 0 Å². The van der Waals surface area contributed by atoms with Crippen LogP contribution in [0, 0.1) is 0 Å². The molecule has 2 aromatic heterocycles. The Morgan fingerprint density at radius 1 is 1.14 bits per heavy atom. The summed E-state index contributed by atoms with van der Waals surface area (Å²) in [5, 5.41) is 6.97. The van der Waals surface area contributed by atoms with Crippen molar-refractivity contribution in [3.05, 3.63) is 50.7 Å². The third-order valence-electron chi connectivity index (χ3n) is 4.66. The van der Waals surface area contributed by atoms with E-state index in [2.05, 4.69) is 15.2 Å². The van der Waals surface area contributed by atoms with Crippen LogP contribution in [0.4, 0.5) is 0 Å². The van der Waals surface area contributed by atoms with Gasteiger partial charge in [-0.15, -0.1) is 0 Å². The first-order chi connectivity index (χ1) is 10.7. The van der Waals surface area contributed by atoms with E-state index in [-0.39, 0.29) is 17.0 Å². The number of H-pyrrole nitrogens is 2. The number of hydrogen-bond donors (Lipinski definition) is 2. The van der Waals surface area contributed by atoms with E-state index in [0.717, 1.165) is 54.6 Å². The molecule has 0 saturated heterocycles. The summed E-state index contributed by atoms with van der Waals surface area (Å²) in [6.07, 6.45) is 6.58. The zero-order valence-electron chi connectivity index (χ0n) is 12.3. The number of amides is 1.